The van der Waals surface area contributed by atoms with E-state index in [2.05, 4.69) is 23.3 Å². The van der Waals surface area contributed by atoms with Gasteiger partial charge < -0.3 is 4.74 Å². The first-order chi connectivity index (χ1) is 8.85. The first-order valence-corrected chi connectivity index (χ1v) is 7.41. The minimum absolute atomic E-state index is 0.0303. The third-order valence-corrected chi connectivity index (χ3v) is 4.35. The summed E-state index contributed by atoms with van der Waals surface area (Å²) in [5.74, 6) is 3.28. The largest absolute Gasteiger partial charge is 0.377 e. The van der Waals surface area contributed by atoms with E-state index in [-0.39, 0.29) is 5.60 Å². The highest BCUT2D eigenvalue weighted by molar-refractivity contribution is 8.03. The van der Waals surface area contributed by atoms with Gasteiger partial charge in [0.2, 0.25) is 0 Å². The summed E-state index contributed by atoms with van der Waals surface area (Å²) in [7, 11) is 1.83. The van der Waals surface area contributed by atoms with Gasteiger partial charge in [0.25, 0.3) is 0 Å². The molecule has 0 radical (unpaired) electrons. The van der Waals surface area contributed by atoms with Crippen LogP contribution in [-0.2, 0) is 4.74 Å². The predicted molar refractivity (Wildman–Crippen MR) is 77.5 cm³/mol. The molecule has 96 valence electrons. The maximum Gasteiger partial charge on any atom is 0.0787 e. The minimum Gasteiger partial charge on any atom is -0.377 e. The SMILES string of the molecule is COC1(CC#CSc2ccccc2)CCCCC1. The van der Waals surface area contributed by atoms with Crippen molar-refractivity contribution in [2.75, 3.05) is 7.11 Å². The van der Waals surface area contributed by atoms with E-state index < -0.39 is 0 Å². The molecule has 1 fully saturated rings. The van der Waals surface area contributed by atoms with Crippen molar-refractivity contribution < 1.29 is 4.74 Å². The van der Waals surface area contributed by atoms with Crippen LogP contribution in [0.2, 0.25) is 0 Å². The first kappa shape index (κ1) is 13.5. The van der Waals surface area contributed by atoms with Crippen molar-refractivity contribution in [3.8, 4) is 11.2 Å². The van der Waals surface area contributed by atoms with Crippen molar-refractivity contribution in [2.45, 2.75) is 49.0 Å². The zero-order valence-electron chi connectivity index (χ0n) is 10.9. The molecule has 0 bridgehead atoms. The van der Waals surface area contributed by atoms with E-state index in [1.54, 1.807) is 11.8 Å². The van der Waals surface area contributed by atoms with Crippen molar-refractivity contribution in [3.05, 3.63) is 30.3 Å². The van der Waals surface area contributed by atoms with Crippen LogP contribution in [-0.4, -0.2) is 12.7 Å². The van der Waals surface area contributed by atoms with Crippen LogP contribution in [0, 0.1) is 11.2 Å². The number of benzene rings is 1. The Hall–Kier alpha value is -0.910. The van der Waals surface area contributed by atoms with Gasteiger partial charge in [-0.3, -0.25) is 0 Å². The van der Waals surface area contributed by atoms with Crippen molar-refractivity contribution in [2.24, 2.45) is 0 Å². The van der Waals surface area contributed by atoms with Gasteiger partial charge in [0.1, 0.15) is 0 Å². The van der Waals surface area contributed by atoms with Gasteiger partial charge in [-0.2, -0.15) is 0 Å². The van der Waals surface area contributed by atoms with Crippen LogP contribution in [0.3, 0.4) is 0 Å². The average molecular weight is 260 g/mol. The lowest BCUT2D eigenvalue weighted by atomic mass is 9.82. The molecule has 0 aromatic heterocycles. The van der Waals surface area contributed by atoms with Gasteiger partial charge in [0.15, 0.2) is 0 Å². The fraction of sp³-hybridized carbons (Fsp3) is 0.500. The lowest BCUT2D eigenvalue weighted by molar-refractivity contribution is -0.0348. The molecule has 0 saturated heterocycles. The first-order valence-electron chi connectivity index (χ1n) is 6.60. The van der Waals surface area contributed by atoms with Gasteiger partial charge >= 0.3 is 0 Å². The molecule has 2 rings (SSSR count). The molecule has 1 aromatic carbocycles. The summed E-state index contributed by atoms with van der Waals surface area (Å²) in [5, 5.41) is 3.19. The number of hydrogen-bond donors (Lipinski definition) is 0. The molecule has 1 aliphatic rings. The van der Waals surface area contributed by atoms with E-state index in [4.69, 9.17) is 4.74 Å². The predicted octanol–water partition coefficient (Wildman–Crippen LogP) is 4.48. The molecule has 0 N–H and O–H groups in total. The summed E-state index contributed by atoms with van der Waals surface area (Å²) in [6.07, 6.45) is 7.09. The smallest absolute Gasteiger partial charge is 0.0787 e. The summed E-state index contributed by atoms with van der Waals surface area (Å²) < 4.78 is 5.72. The second-order valence-electron chi connectivity index (χ2n) is 4.82. The Kier molecular flexibility index (Phi) is 5.16. The van der Waals surface area contributed by atoms with E-state index in [1.165, 1.54) is 24.2 Å². The van der Waals surface area contributed by atoms with Crippen molar-refractivity contribution in [3.63, 3.8) is 0 Å². The Balaban J connectivity index is 1.87. The summed E-state index contributed by atoms with van der Waals surface area (Å²) in [6, 6.07) is 10.3. The molecule has 0 spiro atoms. The fourth-order valence-electron chi connectivity index (χ4n) is 2.43. The fourth-order valence-corrected chi connectivity index (χ4v) is 2.99. The zero-order valence-corrected chi connectivity index (χ0v) is 11.8. The molecule has 1 aromatic rings. The summed E-state index contributed by atoms with van der Waals surface area (Å²) in [5.41, 5.74) is 0.0303. The molecular formula is C16H20OS. The molecule has 18 heavy (non-hydrogen) atoms. The second kappa shape index (κ2) is 6.87. The van der Waals surface area contributed by atoms with Crippen LogP contribution in [0.25, 0.3) is 0 Å². The molecule has 0 aliphatic heterocycles. The van der Waals surface area contributed by atoms with Crippen molar-refractivity contribution in [1.29, 1.82) is 0 Å². The third kappa shape index (κ3) is 3.80. The third-order valence-electron chi connectivity index (χ3n) is 3.59. The van der Waals surface area contributed by atoms with Gasteiger partial charge in [-0.1, -0.05) is 43.4 Å². The number of hydrogen-bond acceptors (Lipinski definition) is 2. The van der Waals surface area contributed by atoms with Gasteiger partial charge in [-0.15, -0.1) is 0 Å². The van der Waals surface area contributed by atoms with E-state index >= 15 is 0 Å². The molecule has 0 atom stereocenters. The van der Waals surface area contributed by atoms with E-state index in [0.29, 0.717) is 0 Å². The lowest BCUT2D eigenvalue weighted by Gasteiger charge is -2.34. The second-order valence-corrected chi connectivity index (χ2v) is 5.70. The van der Waals surface area contributed by atoms with Crippen LogP contribution < -0.4 is 0 Å². The van der Waals surface area contributed by atoms with E-state index in [9.17, 15) is 0 Å². The van der Waals surface area contributed by atoms with Crippen molar-refractivity contribution in [1.82, 2.24) is 0 Å². The summed E-state index contributed by atoms with van der Waals surface area (Å²) in [4.78, 5) is 1.21. The van der Waals surface area contributed by atoms with E-state index in [1.807, 2.05) is 25.3 Å². The summed E-state index contributed by atoms with van der Waals surface area (Å²) >= 11 is 1.60. The summed E-state index contributed by atoms with van der Waals surface area (Å²) in [6.45, 7) is 0. The average Bonchev–Trinajstić information content (AvgIpc) is 2.46. The molecule has 0 heterocycles. The van der Waals surface area contributed by atoms with Gasteiger partial charge in [-0.25, -0.2) is 0 Å². The zero-order chi connectivity index (χ0) is 12.7. The Morgan fingerprint density at radius 1 is 1.17 bits per heavy atom. The Morgan fingerprint density at radius 3 is 2.56 bits per heavy atom. The highest BCUT2D eigenvalue weighted by Crippen LogP contribution is 2.33. The van der Waals surface area contributed by atoms with Crippen LogP contribution in [0.5, 0.6) is 0 Å². The number of ether oxygens (including phenoxy) is 1. The molecule has 0 amide bonds. The molecule has 2 heteroatoms. The minimum atomic E-state index is 0.0303. The van der Waals surface area contributed by atoms with Crippen LogP contribution in [0.15, 0.2) is 35.2 Å². The van der Waals surface area contributed by atoms with Gasteiger partial charge in [0, 0.05) is 18.4 Å². The maximum absolute atomic E-state index is 5.72. The highest BCUT2D eigenvalue weighted by Gasteiger charge is 2.30. The van der Waals surface area contributed by atoms with Crippen LogP contribution in [0.1, 0.15) is 38.5 Å². The lowest BCUT2D eigenvalue weighted by Crippen LogP contribution is -2.33. The highest BCUT2D eigenvalue weighted by atomic mass is 32.2. The Bertz CT molecular complexity index is 410. The van der Waals surface area contributed by atoms with Crippen molar-refractivity contribution >= 4 is 11.8 Å². The normalized spacial score (nSPS) is 17.8. The molecular weight excluding hydrogens is 240 g/mol. The standard InChI is InChI=1S/C16H20OS/c1-17-16(11-6-3-7-12-16)13-8-14-18-15-9-4-2-5-10-15/h2,4-5,9-10H,3,6-7,11-13H2,1H3. The molecule has 0 unspecified atom stereocenters. The van der Waals surface area contributed by atoms with Crippen LogP contribution >= 0.6 is 11.8 Å². The molecule has 1 saturated carbocycles. The quantitative estimate of drug-likeness (QED) is 0.585. The Morgan fingerprint density at radius 2 is 1.89 bits per heavy atom. The monoisotopic (exact) mass is 260 g/mol. The van der Waals surface area contributed by atoms with E-state index in [0.717, 1.165) is 19.3 Å². The van der Waals surface area contributed by atoms with Crippen LogP contribution in [0.4, 0.5) is 0 Å². The Labute approximate surface area is 114 Å². The van der Waals surface area contributed by atoms with Gasteiger partial charge in [-0.05, 0) is 42.0 Å². The molecule has 1 nitrogen and oxygen atoms in total. The topological polar surface area (TPSA) is 9.23 Å². The number of thioether (sulfide) groups is 1. The number of methoxy groups -OCH3 is 1. The molecule has 1 aliphatic carbocycles. The van der Waals surface area contributed by atoms with Gasteiger partial charge in [0.05, 0.1) is 5.60 Å². The number of rotatable bonds is 3. The maximum atomic E-state index is 5.72.